The third kappa shape index (κ3) is 3.17. The molecule has 0 bridgehead atoms. The summed E-state index contributed by atoms with van der Waals surface area (Å²) in [4.78, 5) is 0.320. The first-order valence-corrected chi connectivity index (χ1v) is 8.21. The Hall–Kier alpha value is -0.880. The number of rotatable bonds is 4. The number of nitrogens with zero attached hydrogens (tertiary/aromatic N) is 2. The normalized spacial score (nSPS) is 17.2. The second-order valence-corrected chi connectivity index (χ2v) is 8.24. The van der Waals surface area contributed by atoms with Crippen molar-refractivity contribution in [3.05, 3.63) is 11.9 Å². The molecule has 6 heteroatoms. The average molecular weight is 285 g/mol. The van der Waals surface area contributed by atoms with Crippen molar-refractivity contribution in [1.82, 2.24) is 14.5 Å². The molecule has 0 amide bonds. The lowest BCUT2D eigenvalue weighted by atomic mass is 9.92. The minimum atomic E-state index is -3.46. The minimum absolute atomic E-state index is 0.111. The monoisotopic (exact) mass is 285 g/mol. The van der Waals surface area contributed by atoms with Gasteiger partial charge in [0.05, 0.1) is 5.69 Å². The summed E-state index contributed by atoms with van der Waals surface area (Å²) in [6, 6.07) is 0.256. The van der Waals surface area contributed by atoms with Gasteiger partial charge in [-0.25, -0.2) is 13.1 Å². The predicted octanol–water partition coefficient (Wildman–Crippen LogP) is 2.20. The van der Waals surface area contributed by atoms with Gasteiger partial charge < -0.3 is 0 Å². The second-order valence-electron chi connectivity index (χ2n) is 6.56. The predicted molar refractivity (Wildman–Crippen MR) is 74.7 cm³/mol. The van der Waals surface area contributed by atoms with E-state index in [9.17, 15) is 8.42 Å². The number of hydrogen-bond donors (Lipinski definition) is 1. The summed E-state index contributed by atoms with van der Waals surface area (Å²) in [6.45, 7) is 9.93. The molecule has 1 aromatic rings. The first kappa shape index (κ1) is 14.5. The van der Waals surface area contributed by atoms with E-state index in [1.807, 2.05) is 34.6 Å². The molecule has 0 unspecified atom stereocenters. The fraction of sp³-hybridized carbons (Fsp3) is 0.769. The highest BCUT2D eigenvalue weighted by Gasteiger charge is 2.34. The summed E-state index contributed by atoms with van der Waals surface area (Å²) in [5, 5.41) is 4.47. The highest BCUT2D eigenvalue weighted by Crippen LogP contribution is 2.30. The summed E-state index contributed by atoms with van der Waals surface area (Å²) >= 11 is 0. The van der Waals surface area contributed by atoms with Crippen molar-refractivity contribution < 1.29 is 8.42 Å². The van der Waals surface area contributed by atoms with E-state index in [1.165, 1.54) is 0 Å². The molecule has 19 heavy (non-hydrogen) atoms. The molecule has 0 aromatic carbocycles. The average Bonchev–Trinajstić information content (AvgIpc) is 2.91. The van der Waals surface area contributed by atoms with Crippen LogP contribution in [0.2, 0.25) is 0 Å². The first-order valence-electron chi connectivity index (χ1n) is 6.73. The van der Waals surface area contributed by atoms with Crippen LogP contribution in [0.5, 0.6) is 0 Å². The second kappa shape index (κ2) is 4.59. The lowest BCUT2D eigenvalue weighted by Gasteiger charge is -2.17. The fourth-order valence-corrected chi connectivity index (χ4v) is 3.49. The van der Waals surface area contributed by atoms with Gasteiger partial charge in [0.2, 0.25) is 10.0 Å². The lowest BCUT2D eigenvalue weighted by molar-refractivity contribution is 0.493. The summed E-state index contributed by atoms with van der Waals surface area (Å²) in [6.07, 6.45) is 3.51. The van der Waals surface area contributed by atoms with Crippen LogP contribution >= 0.6 is 0 Å². The highest BCUT2D eigenvalue weighted by molar-refractivity contribution is 7.89. The molecule has 1 aromatic heterocycles. The number of sulfonamides is 1. The van der Waals surface area contributed by atoms with Gasteiger partial charge in [0.15, 0.2) is 0 Å². The topological polar surface area (TPSA) is 64.0 Å². The largest absolute Gasteiger partial charge is 0.269 e. The SMILES string of the molecule is CC(C)n1cc(S(=O)(=O)NC2CC2)c(C(C)(C)C)n1. The molecule has 1 N–H and O–H groups in total. The van der Waals surface area contributed by atoms with Gasteiger partial charge >= 0.3 is 0 Å². The number of nitrogens with one attached hydrogen (secondary N) is 1. The smallest absolute Gasteiger partial charge is 0.244 e. The van der Waals surface area contributed by atoms with Crippen molar-refractivity contribution in [3.8, 4) is 0 Å². The first-order chi connectivity index (χ1) is 8.61. The third-order valence-electron chi connectivity index (χ3n) is 3.13. The zero-order valence-corrected chi connectivity index (χ0v) is 13.1. The van der Waals surface area contributed by atoms with E-state index in [-0.39, 0.29) is 17.5 Å². The molecule has 1 aliphatic carbocycles. The maximum absolute atomic E-state index is 12.4. The van der Waals surface area contributed by atoms with E-state index in [0.29, 0.717) is 10.6 Å². The Kier molecular flexibility index (Phi) is 3.51. The summed E-state index contributed by atoms with van der Waals surface area (Å²) in [7, 11) is -3.46. The van der Waals surface area contributed by atoms with Crippen molar-refractivity contribution in [1.29, 1.82) is 0 Å². The molecular weight excluding hydrogens is 262 g/mol. The van der Waals surface area contributed by atoms with Gasteiger partial charge in [-0.1, -0.05) is 20.8 Å². The van der Waals surface area contributed by atoms with E-state index in [0.717, 1.165) is 12.8 Å². The van der Waals surface area contributed by atoms with Gasteiger partial charge in [0, 0.05) is 23.7 Å². The van der Waals surface area contributed by atoms with Crippen LogP contribution in [-0.2, 0) is 15.4 Å². The number of hydrogen-bond acceptors (Lipinski definition) is 3. The Labute approximate surface area is 115 Å². The van der Waals surface area contributed by atoms with Gasteiger partial charge in [0.25, 0.3) is 0 Å². The molecule has 1 heterocycles. The Bertz CT molecular complexity index is 563. The molecule has 0 atom stereocenters. The van der Waals surface area contributed by atoms with E-state index < -0.39 is 10.0 Å². The summed E-state index contributed by atoms with van der Waals surface area (Å²) in [5.41, 5.74) is 0.336. The summed E-state index contributed by atoms with van der Waals surface area (Å²) < 4.78 is 29.3. The van der Waals surface area contributed by atoms with Gasteiger partial charge in [-0.15, -0.1) is 0 Å². The van der Waals surface area contributed by atoms with Crippen molar-refractivity contribution in [2.45, 2.75) is 69.9 Å². The molecule has 1 fully saturated rings. The van der Waals surface area contributed by atoms with Crippen LogP contribution in [0.3, 0.4) is 0 Å². The van der Waals surface area contributed by atoms with E-state index in [1.54, 1.807) is 10.9 Å². The van der Waals surface area contributed by atoms with Crippen LogP contribution < -0.4 is 4.72 Å². The Morgan fingerprint density at radius 3 is 2.37 bits per heavy atom. The standard InChI is InChI=1S/C13H23N3O2S/c1-9(2)16-8-11(12(14-16)13(3,4)5)19(17,18)15-10-6-7-10/h8-10,15H,6-7H2,1-5H3. The Morgan fingerprint density at radius 1 is 1.37 bits per heavy atom. The quantitative estimate of drug-likeness (QED) is 0.922. The van der Waals surface area contributed by atoms with Gasteiger partial charge in [-0.2, -0.15) is 5.10 Å². The molecule has 5 nitrogen and oxygen atoms in total. The van der Waals surface area contributed by atoms with Crippen LogP contribution in [0.25, 0.3) is 0 Å². The van der Waals surface area contributed by atoms with Crippen LogP contribution in [0, 0.1) is 0 Å². The highest BCUT2D eigenvalue weighted by atomic mass is 32.2. The zero-order valence-electron chi connectivity index (χ0n) is 12.3. The molecule has 0 saturated heterocycles. The van der Waals surface area contributed by atoms with Crippen molar-refractivity contribution in [2.24, 2.45) is 0 Å². The van der Waals surface area contributed by atoms with Crippen LogP contribution in [0.1, 0.15) is 59.2 Å². The molecule has 0 spiro atoms. The maximum atomic E-state index is 12.4. The molecule has 2 rings (SSSR count). The van der Waals surface area contributed by atoms with E-state index >= 15 is 0 Å². The van der Waals surface area contributed by atoms with Crippen molar-refractivity contribution >= 4 is 10.0 Å². The van der Waals surface area contributed by atoms with Gasteiger partial charge in [-0.3, -0.25) is 4.68 Å². The Balaban J connectivity index is 2.48. The molecular formula is C13H23N3O2S. The Morgan fingerprint density at radius 2 is 1.95 bits per heavy atom. The van der Waals surface area contributed by atoms with Crippen LogP contribution in [0.15, 0.2) is 11.1 Å². The fourth-order valence-electron chi connectivity index (χ4n) is 1.84. The molecule has 1 aliphatic rings. The zero-order chi connectivity index (χ0) is 14.4. The summed E-state index contributed by atoms with van der Waals surface area (Å²) in [5.74, 6) is 0. The lowest BCUT2D eigenvalue weighted by Crippen LogP contribution is -2.28. The van der Waals surface area contributed by atoms with Crippen molar-refractivity contribution in [3.63, 3.8) is 0 Å². The molecule has 108 valence electrons. The third-order valence-corrected chi connectivity index (χ3v) is 4.65. The maximum Gasteiger partial charge on any atom is 0.244 e. The minimum Gasteiger partial charge on any atom is -0.269 e. The number of aromatic nitrogens is 2. The van der Waals surface area contributed by atoms with Crippen LogP contribution in [-0.4, -0.2) is 24.2 Å². The van der Waals surface area contributed by atoms with E-state index in [4.69, 9.17) is 0 Å². The van der Waals surface area contributed by atoms with Crippen molar-refractivity contribution in [2.75, 3.05) is 0 Å². The molecule has 1 saturated carbocycles. The van der Waals surface area contributed by atoms with Crippen LogP contribution in [0.4, 0.5) is 0 Å². The molecule has 0 aliphatic heterocycles. The van der Waals surface area contributed by atoms with E-state index in [2.05, 4.69) is 9.82 Å². The molecule has 0 radical (unpaired) electrons. The van der Waals surface area contributed by atoms with Gasteiger partial charge in [-0.05, 0) is 26.7 Å². The van der Waals surface area contributed by atoms with Gasteiger partial charge in [0.1, 0.15) is 4.90 Å².